The molecular weight excluding hydrogens is 300 g/mol. The average molecular weight is 324 g/mol. The molecule has 0 saturated heterocycles. The molecule has 126 valence electrons. The summed E-state index contributed by atoms with van der Waals surface area (Å²) in [6.45, 7) is 9.82. The summed E-state index contributed by atoms with van der Waals surface area (Å²) in [6, 6.07) is 12.4. The smallest absolute Gasteiger partial charge is 0.255 e. The van der Waals surface area contributed by atoms with E-state index in [2.05, 4.69) is 10.6 Å². The van der Waals surface area contributed by atoms with Crippen molar-refractivity contribution in [1.82, 2.24) is 5.32 Å². The van der Waals surface area contributed by atoms with Crippen molar-refractivity contribution in [2.24, 2.45) is 0 Å². The quantitative estimate of drug-likeness (QED) is 0.893. The predicted octanol–water partition coefficient (Wildman–Crippen LogP) is 4.08. The lowest BCUT2D eigenvalue weighted by molar-refractivity contribution is 0.0918. The van der Waals surface area contributed by atoms with Crippen LogP contribution in [-0.4, -0.2) is 17.4 Å². The molecule has 0 aliphatic carbocycles. The standard InChI is InChI=1S/C20H24N2O2/c1-13-6-11-17(12-14(13)2)21-18(23)15-7-9-16(10-8-15)19(24)22-20(3,4)5/h6-12H,1-5H3,(H,21,23)(H,22,24). The summed E-state index contributed by atoms with van der Waals surface area (Å²) in [5.74, 6) is -0.343. The van der Waals surface area contributed by atoms with Crippen LogP contribution in [0, 0.1) is 13.8 Å². The molecule has 0 aliphatic rings. The van der Waals surface area contributed by atoms with Crippen LogP contribution in [0.4, 0.5) is 5.69 Å². The second-order valence-electron chi connectivity index (χ2n) is 7.03. The molecule has 0 unspecified atom stereocenters. The minimum atomic E-state index is -0.295. The third-order valence-corrected chi connectivity index (χ3v) is 3.66. The lowest BCUT2D eigenvalue weighted by atomic mass is 10.1. The lowest BCUT2D eigenvalue weighted by Crippen LogP contribution is -2.40. The number of carbonyl (C=O) groups is 2. The number of carbonyl (C=O) groups excluding carboxylic acids is 2. The van der Waals surface area contributed by atoms with Crippen molar-refractivity contribution in [3.05, 3.63) is 64.7 Å². The van der Waals surface area contributed by atoms with Gasteiger partial charge < -0.3 is 10.6 Å². The second kappa shape index (κ2) is 6.87. The Bertz CT molecular complexity index is 756. The summed E-state index contributed by atoms with van der Waals surface area (Å²) in [6.07, 6.45) is 0. The van der Waals surface area contributed by atoms with Gasteiger partial charge in [0.2, 0.25) is 0 Å². The summed E-state index contributed by atoms with van der Waals surface area (Å²) in [4.78, 5) is 24.4. The van der Waals surface area contributed by atoms with Crippen LogP contribution < -0.4 is 10.6 Å². The van der Waals surface area contributed by atoms with E-state index in [-0.39, 0.29) is 17.4 Å². The van der Waals surface area contributed by atoms with Crippen molar-refractivity contribution in [2.75, 3.05) is 5.32 Å². The maximum atomic E-state index is 12.3. The molecule has 2 amide bonds. The lowest BCUT2D eigenvalue weighted by Gasteiger charge is -2.20. The van der Waals surface area contributed by atoms with Crippen LogP contribution in [0.2, 0.25) is 0 Å². The molecule has 2 aromatic rings. The Hall–Kier alpha value is -2.62. The van der Waals surface area contributed by atoms with E-state index in [4.69, 9.17) is 0 Å². The third-order valence-electron chi connectivity index (χ3n) is 3.66. The first kappa shape index (κ1) is 17.7. The van der Waals surface area contributed by atoms with Crippen molar-refractivity contribution >= 4 is 17.5 Å². The van der Waals surface area contributed by atoms with Crippen molar-refractivity contribution in [1.29, 1.82) is 0 Å². The van der Waals surface area contributed by atoms with Crippen LogP contribution in [-0.2, 0) is 0 Å². The van der Waals surface area contributed by atoms with Crippen LogP contribution in [0.3, 0.4) is 0 Å². The highest BCUT2D eigenvalue weighted by Gasteiger charge is 2.15. The first-order chi connectivity index (χ1) is 11.2. The van der Waals surface area contributed by atoms with Gasteiger partial charge in [-0.05, 0) is 82.1 Å². The van der Waals surface area contributed by atoms with Gasteiger partial charge in [0.1, 0.15) is 0 Å². The first-order valence-corrected chi connectivity index (χ1v) is 7.97. The van der Waals surface area contributed by atoms with Crippen LogP contribution in [0.5, 0.6) is 0 Å². The van der Waals surface area contributed by atoms with E-state index in [1.165, 1.54) is 5.56 Å². The van der Waals surface area contributed by atoms with Crippen molar-refractivity contribution in [3.8, 4) is 0 Å². The summed E-state index contributed by atoms with van der Waals surface area (Å²) in [7, 11) is 0. The molecule has 0 aliphatic heterocycles. The molecule has 4 nitrogen and oxygen atoms in total. The van der Waals surface area contributed by atoms with Crippen molar-refractivity contribution in [2.45, 2.75) is 40.2 Å². The van der Waals surface area contributed by atoms with Gasteiger partial charge in [0.05, 0.1) is 0 Å². The Balaban J connectivity index is 2.08. The Morgan fingerprint density at radius 3 is 1.83 bits per heavy atom. The van der Waals surface area contributed by atoms with Gasteiger partial charge in [0.25, 0.3) is 11.8 Å². The van der Waals surface area contributed by atoms with Gasteiger partial charge in [-0.15, -0.1) is 0 Å². The molecule has 0 radical (unpaired) electrons. The Kier molecular flexibility index (Phi) is 5.07. The van der Waals surface area contributed by atoms with Gasteiger partial charge in [-0.3, -0.25) is 9.59 Å². The van der Waals surface area contributed by atoms with Crippen molar-refractivity contribution in [3.63, 3.8) is 0 Å². The molecular formula is C20H24N2O2. The predicted molar refractivity (Wildman–Crippen MR) is 97.5 cm³/mol. The number of nitrogens with one attached hydrogen (secondary N) is 2. The van der Waals surface area contributed by atoms with E-state index in [1.807, 2.05) is 52.8 Å². The Labute approximate surface area is 143 Å². The van der Waals surface area contributed by atoms with E-state index in [0.29, 0.717) is 11.1 Å². The number of hydrogen-bond acceptors (Lipinski definition) is 2. The zero-order valence-electron chi connectivity index (χ0n) is 14.9. The SMILES string of the molecule is Cc1ccc(NC(=O)c2ccc(C(=O)NC(C)(C)C)cc2)cc1C. The molecule has 4 heteroatoms. The molecule has 2 aromatic carbocycles. The number of amides is 2. The Morgan fingerprint density at radius 2 is 1.33 bits per heavy atom. The fraction of sp³-hybridized carbons (Fsp3) is 0.300. The zero-order chi connectivity index (χ0) is 17.9. The summed E-state index contributed by atoms with van der Waals surface area (Å²) < 4.78 is 0. The molecule has 0 fully saturated rings. The minimum Gasteiger partial charge on any atom is -0.347 e. The Morgan fingerprint density at radius 1 is 0.792 bits per heavy atom. The number of benzene rings is 2. The number of aryl methyl sites for hydroxylation is 2. The van der Waals surface area contributed by atoms with Gasteiger partial charge in [0.15, 0.2) is 0 Å². The molecule has 24 heavy (non-hydrogen) atoms. The third kappa shape index (κ3) is 4.69. The number of anilines is 1. The molecule has 0 heterocycles. The van der Waals surface area contributed by atoms with Gasteiger partial charge >= 0.3 is 0 Å². The van der Waals surface area contributed by atoms with E-state index in [0.717, 1.165) is 11.3 Å². The van der Waals surface area contributed by atoms with Gasteiger partial charge in [-0.25, -0.2) is 0 Å². The highest BCUT2D eigenvalue weighted by Crippen LogP contribution is 2.15. The van der Waals surface area contributed by atoms with E-state index in [9.17, 15) is 9.59 Å². The maximum absolute atomic E-state index is 12.3. The first-order valence-electron chi connectivity index (χ1n) is 7.97. The molecule has 2 rings (SSSR count). The fourth-order valence-corrected chi connectivity index (χ4v) is 2.21. The summed E-state index contributed by atoms with van der Waals surface area (Å²) >= 11 is 0. The fourth-order valence-electron chi connectivity index (χ4n) is 2.21. The number of hydrogen-bond donors (Lipinski definition) is 2. The highest BCUT2D eigenvalue weighted by molar-refractivity contribution is 6.05. The second-order valence-corrected chi connectivity index (χ2v) is 7.03. The molecule has 0 atom stereocenters. The van der Waals surface area contributed by atoms with E-state index in [1.54, 1.807) is 24.3 Å². The van der Waals surface area contributed by atoms with Crippen LogP contribution in [0.1, 0.15) is 52.6 Å². The topological polar surface area (TPSA) is 58.2 Å². The molecule has 0 aromatic heterocycles. The van der Waals surface area contributed by atoms with Gasteiger partial charge in [-0.1, -0.05) is 6.07 Å². The average Bonchev–Trinajstić information content (AvgIpc) is 2.49. The molecule has 2 N–H and O–H groups in total. The van der Waals surface area contributed by atoms with E-state index >= 15 is 0 Å². The molecule has 0 spiro atoms. The van der Waals surface area contributed by atoms with Gasteiger partial charge in [0, 0.05) is 22.4 Å². The van der Waals surface area contributed by atoms with E-state index < -0.39 is 0 Å². The van der Waals surface area contributed by atoms with Gasteiger partial charge in [-0.2, -0.15) is 0 Å². The van der Waals surface area contributed by atoms with Crippen LogP contribution in [0.15, 0.2) is 42.5 Å². The van der Waals surface area contributed by atoms with Crippen molar-refractivity contribution < 1.29 is 9.59 Å². The summed E-state index contributed by atoms with van der Waals surface area (Å²) in [5, 5.41) is 5.77. The largest absolute Gasteiger partial charge is 0.347 e. The minimum absolute atomic E-state index is 0.149. The number of rotatable bonds is 3. The maximum Gasteiger partial charge on any atom is 0.255 e. The normalized spacial score (nSPS) is 11.0. The zero-order valence-corrected chi connectivity index (χ0v) is 14.9. The van der Waals surface area contributed by atoms with Crippen LogP contribution >= 0.6 is 0 Å². The molecule has 0 bridgehead atoms. The summed E-state index contributed by atoms with van der Waals surface area (Å²) in [5.41, 5.74) is 3.83. The monoisotopic (exact) mass is 324 g/mol. The molecule has 0 saturated carbocycles. The highest BCUT2D eigenvalue weighted by atomic mass is 16.2. The van der Waals surface area contributed by atoms with Crippen LogP contribution in [0.25, 0.3) is 0 Å².